The summed E-state index contributed by atoms with van der Waals surface area (Å²) in [7, 11) is 0. The van der Waals surface area contributed by atoms with E-state index in [1.165, 1.54) is 11.1 Å². The minimum atomic E-state index is 1.02. The normalized spacial score (nSPS) is 10.5. The summed E-state index contributed by atoms with van der Waals surface area (Å²) in [4.78, 5) is 0. The zero-order valence-corrected chi connectivity index (χ0v) is 9.13. The molecule has 0 aliphatic heterocycles. The molecule has 68 valence electrons. The maximum Gasteiger partial charge on any atom is 0.00660 e. The van der Waals surface area contributed by atoms with Crippen molar-refractivity contribution in [3.05, 3.63) is 48.0 Å². The van der Waals surface area contributed by atoms with Crippen LogP contribution >= 0.6 is 15.9 Å². The van der Waals surface area contributed by atoms with Crippen molar-refractivity contribution in [3.63, 3.8) is 0 Å². The van der Waals surface area contributed by atoms with Gasteiger partial charge in [-0.05, 0) is 23.6 Å². The van der Waals surface area contributed by atoms with Gasteiger partial charge in [-0.1, -0.05) is 58.9 Å². The molecule has 0 amide bonds. The van der Waals surface area contributed by atoms with Crippen molar-refractivity contribution < 1.29 is 0 Å². The monoisotopic (exact) mass is 236 g/mol. The lowest BCUT2D eigenvalue weighted by molar-refractivity contribution is 1.27. The molecule has 0 bridgehead atoms. The smallest absolute Gasteiger partial charge is 0.00660 e. The van der Waals surface area contributed by atoms with E-state index < -0.39 is 0 Å². The first-order valence-electron chi connectivity index (χ1n) is 4.32. The fourth-order valence-corrected chi connectivity index (χ4v) is 1.34. The van der Waals surface area contributed by atoms with Gasteiger partial charge in [0, 0.05) is 5.33 Å². The predicted molar refractivity (Wildman–Crippen MR) is 64.0 cm³/mol. The van der Waals surface area contributed by atoms with Gasteiger partial charge in [0.2, 0.25) is 0 Å². The van der Waals surface area contributed by atoms with E-state index in [1.54, 1.807) is 0 Å². The maximum atomic E-state index is 3.74. The number of hydrogen-bond acceptors (Lipinski definition) is 0. The lowest BCUT2D eigenvalue weighted by atomic mass is 10.1. The van der Waals surface area contributed by atoms with Crippen molar-refractivity contribution in [1.82, 2.24) is 0 Å². The molecule has 0 heterocycles. The van der Waals surface area contributed by atoms with Gasteiger partial charge >= 0.3 is 0 Å². The topological polar surface area (TPSA) is 0 Å². The second kappa shape index (κ2) is 5.76. The minimum absolute atomic E-state index is 1.02. The van der Waals surface area contributed by atoms with Gasteiger partial charge in [0.05, 0.1) is 0 Å². The van der Waals surface area contributed by atoms with Gasteiger partial charge in [-0.2, -0.15) is 0 Å². The molecule has 13 heavy (non-hydrogen) atoms. The van der Waals surface area contributed by atoms with E-state index in [2.05, 4.69) is 52.9 Å². The molecule has 1 heteroatoms. The van der Waals surface area contributed by atoms with Crippen molar-refractivity contribution in [2.24, 2.45) is 0 Å². The summed E-state index contributed by atoms with van der Waals surface area (Å²) in [6, 6.07) is 8.31. The first kappa shape index (κ1) is 10.3. The molecule has 0 fully saturated rings. The number of alkyl halides is 1. The van der Waals surface area contributed by atoms with Crippen molar-refractivity contribution >= 4 is 28.1 Å². The summed E-state index contributed by atoms with van der Waals surface area (Å²) in [5.74, 6) is 0. The van der Waals surface area contributed by atoms with Gasteiger partial charge in [-0.15, -0.1) is 0 Å². The fraction of sp³-hybridized carbons (Fsp3) is 0.167. The van der Waals surface area contributed by atoms with Crippen molar-refractivity contribution in [2.75, 3.05) is 5.33 Å². The molecule has 1 rings (SSSR count). The van der Waals surface area contributed by atoms with Crippen LogP contribution in [0.2, 0.25) is 0 Å². The van der Waals surface area contributed by atoms with Crippen LogP contribution in [0.1, 0.15) is 17.5 Å². The van der Waals surface area contributed by atoms with Crippen LogP contribution < -0.4 is 0 Å². The Kier molecular flexibility index (Phi) is 4.55. The lowest BCUT2D eigenvalue weighted by Crippen LogP contribution is -1.75. The molecule has 0 aliphatic rings. The highest BCUT2D eigenvalue weighted by Crippen LogP contribution is 2.08. The van der Waals surface area contributed by atoms with Crippen LogP contribution in [-0.4, -0.2) is 5.33 Å². The third-order valence-corrected chi connectivity index (χ3v) is 2.19. The van der Waals surface area contributed by atoms with Gasteiger partial charge in [-0.3, -0.25) is 0 Å². The van der Waals surface area contributed by atoms with Gasteiger partial charge in [0.15, 0.2) is 0 Å². The Balaban J connectivity index is 2.71. The first-order chi connectivity index (χ1) is 6.36. The van der Waals surface area contributed by atoms with E-state index in [0.29, 0.717) is 0 Å². The maximum absolute atomic E-state index is 3.74. The van der Waals surface area contributed by atoms with Crippen molar-refractivity contribution in [3.8, 4) is 0 Å². The number of allylic oxidation sites excluding steroid dienone is 1. The Hall–Kier alpha value is -0.820. The Morgan fingerprint density at radius 3 is 2.77 bits per heavy atom. The van der Waals surface area contributed by atoms with Crippen molar-refractivity contribution in [2.45, 2.75) is 6.42 Å². The summed E-state index contributed by atoms with van der Waals surface area (Å²) < 4.78 is 0. The molecule has 0 radical (unpaired) electrons. The minimum Gasteiger partial charge on any atom is -0.0985 e. The second-order valence-electron chi connectivity index (χ2n) is 2.75. The molecule has 0 saturated heterocycles. The third-order valence-electron chi connectivity index (χ3n) is 1.73. The molecule has 0 aromatic heterocycles. The van der Waals surface area contributed by atoms with Crippen LogP contribution in [0.5, 0.6) is 0 Å². The number of benzene rings is 1. The van der Waals surface area contributed by atoms with E-state index in [4.69, 9.17) is 0 Å². The summed E-state index contributed by atoms with van der Waals surface area (Å²) in [5, 5.41) is 1.02. The molecule has 0 atom stereocenters. The highest BCUT2D eigenvalue weighted by molar-refractivity contribution is 9.09. The highest BCUT2D eigenvalue weighted by Gasteiger charge is 1.87. The van der Waals surface area contributed by atoms with Gasteiger partial charge in [0.1, 0.15) is 0 Å². The lowest BCUT2D eigenvalue weighted by Gasteiger charge is -1.95. The molecule has 0 saturated carbocycles. The van der Waals surface area contributed by atoms with E-state index in [-0.39, 0.29) is 0 Å². The van der Waals surface area contributed by atoms with Crippen molar-refractivity contribution in [1.29, 1.82) is 0 Å². The van der Waals surface area contributed by atoms with Gasteiger partial charge in [-0.25, -0.2) is 0 Å². The molecule has 0 spiro atoms. The predicted octanol–water partition coefficient (Wildman–Crippen LogP) is 4.13. The Morgan fingerprint density at radius 1 is 1.31 bits per heavy atom. The molecule has 0 unspecified atom stereocenters. The number of rotatable bonds is 4. The Labute approximate surface area is 88.1 Å². The summed E-state index contributed by atoms with van der Waals surface area (Å²) in [6.07, 6.45) is 7.23. The first-order valence-corrected chi connectivity index (χ1v) is 5.44. The largest absolute Gasteiger partial charge is 0.0985 e. The molecule has 0 nitrogen and oxygen atoms in total. The zero-order chi connectivity index (χ0) is 9.52. The van der Waals surface area contributed by atoms with Gasteiger partial charge < -0.3 is 0 Å². The third kappa shape index (κ3) is 3.60. The van der Waals surface area contributed by atoms with Gasteiger partial charge in [0.25, 0.3) is 0 Å². The van der Waals surface area contributed by atoms with E-state index >= 15 is 0 Å². The number of halogens is 1. The molecular weight excluding hydrogens is 224 g/mol. The fourth-order valence-electron chi connectivity index (χ4n) is 1.07. The van der Waals surface area contributed by atoms with Crippen LogP contribution in [0.15, 0.2) is 36.9 Å². The quantitative estimate of drug-likeness (QED) is 0.690. The SMILES string of the molecule is C=Cc1cccc(C=CCCBr)c1. The Morgan fingerprint density at radius 2 is 2.08 bits per heavy atom. The van der Waals surface area contributed by atoms with Crippen LogP contribution in [0, 0.1) is 0 Å². The molecular formula is C12H13Br. The van der Waals surface area contributed by atoms with Crippen LogP contribution in [0.4, 0.5) is 0 Å². The molecule has 1 aromatic rings. The molecule has 0 N–H and O–H groups in total. The standard InChI is InChI=1S/C12H13Br/c1-2-11-7-5-8-12(10-11)6-3-4-9-13/h2-3,5-8,10H,1,4,9H2. The Bertz CT molecular complexity index is 300. The summed E-state index contributed by atoms with van der Waals surface area (Å²) in [6.45, 7) is 3.74. The average Bonchev–Trinajstić information content (AvgIpc) is 2.19. The summed E-state index contributed by atoms with van der Waals surface area (Å²) in [5.41, 5.74) is 2.40. The highest BCUT2D eigenvalue weighted by atomic mass is 79.9. The average molecular weight is 237 g/mol. The zero-order valence-electron chi connectivity index (χ0n) is 7.54. The van der Waals surface area contributed by atoms with E-state index in [0.717, 1.165) is 11.8 Å². The summed E-state index contributed by atoms with van der Waals surface area (Å²) >= 11 is 3.38. The molecule has 1 aromatic carbocycles. The van der Waals surface area contributed by atoms with E-state index in [9.17, 15) is 0 Å². The number of hydrogen-bond donors (Lipinski definition) is 0. The van der Waals surface area contributed by atoms with Crippen LogP contribution in [0.3, 0.4) is 0 Å². The van der Waals surface area contributed by atoms with Crippen LogP contribution in [0.25, 0.3) is 12.2 Å². The molecule has 0 aliphatic carbocycles. The second-order valence-corrected chi connectivity index (χ2v) is 3.55. The van der Waals surface area contributed by atoms with E-state index in [1.807, 2.05) is 12.1 Å². The van der Waals surface area contributed by atoms with Crippen LogP contribution in [-0.2, 0) is 0 Å².